The number of oxazole rings is 1. The fourth-order valence-corrected chi connectivity index (χ4v) is 3.07. The fraction of sp³-hybridized carbons (Fsp3) is 0.250. The SMILES string of the molecule is CC.Cc1ccc(S(=O)(=O)OCCc2coc(-c3ccccc3)n2)cc1. The fourth-order valence-electron chi connectivity index (χ4n) is 2.16. The molecule has 0 aliphatic carbocycles. The number of aryl methyl sites for hydroxylation is 1. The van der Waals surface area contributed by atoms with Crippen molar-refractivity contribution < 1.29 is 17.0 Å². The van der Waals surface area contributed by atoms with Gasteiger partial charge in [-0.3, -0.25) is 4.18 Å². The summed E-state index contributed by atoms with van der Waals surface area (Å²) in [6, 6.07) is 16.1. The lowest BCUT2D eigenvalue weighted by atomic mass is 10.2. The van der Waals surface area contributed by atoms with Crippen LogP contribution < -0.4 is 0 Å². The van der Waals surface area contributed by atoms with Crippen LogP contribution in [0.4, 0.5) is 0 Å². The molecule has 0 radical (unpaired) electrons. The Kier molecular flexibility index (Phi) is 7.12. The van der Waals surface area contributed by atoms with Gasteiger partial charge in [-0.2, -0.15) is 8.42 Å². The summed E-state index contributed by atoms with van der Waals surface area (Å²) in [7, 11) is -3.75. The summed E-state index contributed by atoms with van der Waals surface area (Å²) in [4.78, 5) is 4.49. The van der Waals surface area contributed by atoms with Gasteiger partial charge < -0.3 is 4.42 Å². The van der Waals surface area contributed by atoms with E-state index in [2.05, 4.69) is 4.98 Å². The van der Waals surface area contributed by atoms with E-state index in [1.54, 1.807) is 12.1 Å². The van der Waals surface area contributed by atoms with Crippen molar-refractivity contribution in [3.63, 3.8) is 0 Å². The van der Waals surface area contributed by atoms with Gasteiger partial charge in [0.05, 0.1) is 17.2 Å². The molecule has 5 nitrogen and oxygen atoms in total. The molecular weight excluding hydrogens is 350 g/mol. The highest BCUT2D eigenvalue weighted by atomic mass is 32.2. The molecule has 1 aromatic heterocycles. The average molecular weight is 373 g/mol. The van der Waals surface area contributed by atoms with Crippen molar-refractivity contribution in [1.29, 1.82) is 0 Å². The van der Waals surface area contributed by atoms with Gasteiger partial charge in [0.2, 0.25) is 5.89 Å². The Morgan fingerprint density at radius 2 is 1.65 bits per heavy atom. The Morgan fingerprint density at radius 3 is 2.31 bits per heavy atom. The van der Waals surface area contributed by atoms with E-state index in [0.717, 1.165) is 11.1 Å². The zero-order chi connectivity index (χ0) is 19.0. The summed E-state index contributed by atoms with van der Waals surface area (Å²) < 4.78 is 34.7. The number of hydrogen-bond donors (Lipinski definition) is 0. The molecule has 0 unspecified atom stereocenters. The number of aromatic nitrogens is 1. The summed E-state index contributed by atoms with van der Waals surface area (Å²) in [5, 5.41) is 0. The molecule has 0 spiro atoms. The largest absolute Gasteiger partial charge is 0.444 e. The molecule has 0 N–H and O–H groups in total. The zero-order valence-corrected chi connectivity index (χ0v) is 16.0. The first-order valence-corrected chi connectivity index (χ1v) is 9.91. The first-order valence-electron chi connectivity index (χ1n) is 8.50. The monoisotopic (exact) mass is 373 g/mol. The third-order valence-corrected chi connectivity index (χ3v) is 4.81. The Balaban J connectivity index is 0.00000117. The maximum Gasteiger partial charge on any atom is 0.296 e. The first-order chi connectivity index (χ1) is 12.5. The van der Waals surface area contributed by atoms with Crippen molar-refractivity contribution in [2.75, 3.05) is 6.61 Å². The lowest BCUT2D eigenvalue weighted by molar-refractivity contribution is 0.320. The van der Waals surface area contributed by atoms with Crippen LogP contribution in [0.2, 0.25) is 0 Å². The van der Waals surface area contributed by atoms with Gasteiger partial charge in [-0.1, -0.05) is 49.7 Å². The molecule has 2 aromatic carbocycles. The van der Waals surface area contributed by atoms with Crippen LogP contribution >= 0.6 is 0 Å². The van der Waals surface area contributed by atoms with Gasteiger partial charge in [0, 0.05) is 12.0 Å². The summed E-state index contributed by atoms with van der Waals surface area (Å²) in [6.07, 6.45) is 1.87. The summed E-state index contributed by atoms with van der Waals surface area (Å²) >= 11 is 0. The topological polar surface area (TPSA) is 69.4 Å². The van der Waals surface area contributed by atoms with Gasteiger partial charge >= 0.3 is 0 Å². The molecule has 0 amide bonds. The van der Waals surface area contributed by atoms with Crippen LogP contribution in [0.15, 0.2) is 70.2 Å². The number of benzene rings is 2. The highest BCUT2D eigenvalue weighted by molar-refractivity contribution is 7.86. The first kappa shape index (κ1) is 19.9. The quantitative estimate of drug-likeness (QED) is 0.590. The minimum absolute atomic E-state index is 0.0109. The summed E-state index contributed by atoms with van der Waals surface area (Å²) in [5.41, 5.74) is 2.51. The third kappa shape index (κ3) is 5.28. The summed E-state index contributed by atoms with van der Waals surface area (Å²) in [5.74, 6) is 0.506. The standard InChI is InChI=1S/C18H17NO4S.C2H6/c1-14-7-9-17(10-8-14)24(20,21)23-12-11-16-13-22-18(19-16)15-5-3-2-4-6-15;1-2/h2-10,13H,11-12H2,1H3;1-2H3. The van der Waals surface area contributed by atoms with Crippen molar-refractivity contribution >= 4 is 10.1 Å². The van der Waals surface area contributed by atoms with E-state index < -0.39 is 10.1 Å². The molecular formula is C20H23NO4S. The third-order valence-electron chi connectivity index (χ3n) is 3.48. The van der Waals surface area contributed by atoms with Gasteiger partial charge in [-0.25, -0.2) is 4.98 Å². The second kappa shape index (κ2) is 9.31. The number of hydrogen-bond acceptors (Lipinski definition) is 5. The molecule has 138 valence electrons. The normalized spacial score (nSPS) is 10.9. The van der Waals surface area contributed by atoms with Crippen LogP contribution in [-0.4, -0.2) is 20.0 Å². The molecule has 3 rings (SSSR count). The van der Waals surface area contributed by atoms with Gasteiger partial charge in [0.1, 0.15) is 6.26 Å². The predicted octanol–water partition coefficient (Wildman–Crippen LogP) is 4.62. The molecule has 0 atom stereocenters. The van der Waals surface area contributed by atoms with Crippen LogP contribution in [-0.2, 0) is 20.7 Å². The lowest BCUT2D eigenvalue weighted by Gasteiger charge is -2.04. The van der Waals surface area contributed by atoms with Crippen molar-refractivity contribution in [1.82, 2.24) is 4.98 Å². The van der Waals surface area contributed by atoms with Gasteiger partial charge in [-0.05, 0) is 31.2 Å². The molecule has 0 saturated heterocycles. The van der Waals surface area contributed by atoms with E-state index in [9.17, 15) is 8.42 Å². The highest BCUT2D eigenvalue weighted by Gasteiger charge is 2.15. The molecule has 26 heavy (non-hydrogen) atoms. The highest BCUT2D eigenvalue weighted by Crippen LogP contribution is 2.19. The maximum atomic E-state index is 12.1. The lowest BCUT2D eigenvalue weighted by Crippen LogP contribution is -2.09. The smallest absolute Gasteiger partial charge is 0.296 e. The minimum Gasteiger partial charge on any atom is -0.444 e. The average Bonchev–Trinajstić information content (AvgIpc) is 3.13. The molecule has 0 aliphatic heterocycles. The van der Waals surface area contributed by atoms with Crippen LogP contribution in [0.3, 0.4) is 0 Å². The van der Waals surface area contributed by atoms with Crippen LogP contribution in [0.1, 0.15) is 25.1 Å². The van der Waals surface area contributed by atoms with Crippen molar-refractivity contribution in [3.05, 3.63) is 72.1 Å². The van der Waals surface area contributed by atoms with Crippen LogP contribution in [0, 0.1) is 6.92 Å². The van der Waals surface area contributed by atoms with E-state index in [1.807, 2.05) is 51.1 Å². The van der Waals surface area contributed by atoms with Crippen molar-refractivity contribution in [2.45, 2.75) is 32.1 Å². The number of nitrogens with zero attached hydrogens (tertiary/aromatic N) is 1. The second-order valence-corrected chi connectivity index (χ2v) is 6.96. The Labute approximate surface area is 154 Å². The zero-order valence-electron chi connectivity index (χ0n) is 15.2. The minimum atomic E-state index is -3.75. The predicted molar refractivity (Wildman–Crippen MR) is 101 cm³/mol. The second-order valence-electron chi connectivity index (χ2n) is 5.35. The van der Waals surface area contributed by atoms with E-state index >= 15 is 0 Å². The molecule has 0 saturated carbocycles. The Hall–Kier alpha value is -2.44. The molecule has 0 aliphatic rings. The summed E-state index contributed by atoms with van der Waals surface area (Å²) in [6.45, 7) is 5.91. The Morgan fingerprint density at radius 1 is 1.00 bits per heavy atom. The molecule has 1 heterocycles. The Bertz CT molecular complexity index is 900. The van der Waals surface area contributed by atoms with Gasteiger partial charge in [-0.15, -0.1) is 0 Å². The van der Waals surface area contributed by atoms with Crippen LogP contribution in [0.5, 0.6) is 0 Å². The van der Waals surface area contributed by atoms with Gasteiger partial charge in [0.25, 0.3) is 10.1 Å². The van der Waals surface area contributed by atoms with E-state index in [4.69, 9.17) is 8.60 Å². The number of rotatable bonds is 6. The maximum absolute atomic E-state index is 12.1. The van der Waals surface area contributed by atoms with Crippen LogP contribution in [0.25, 0.3) is 11.5 Å². The van der Waals surface area contributed by atoms with Crippen molar-refractivity contribution in [2.24, 2.45) is 0 Å². The molecule has 0 fully saturated rings. The van der Waals surface area contributed by atoms with E-state index in [0.29, 0.717) is 18.0 Å². The van der Waals surface area contributed by atoms with Gasteiger partial charge in [0.15, 0.2) is 0 Å². The molecule has 6 heteroatoms. The van der Waals surface area contributed by atoms with E-state index in [1.165, 1.54) is 18.4 Å². The van der Waals surface area contributed by atoms with E-state index in [-0.39, 0.29) is 11.5 Å². The molecule has 3 aromatic rings. The van der Waals surface area contributed by atoms with Crippen molar-refractivity contribution in [3.8, 4) is 11.5 Å². The molecule has 0 bridgehead atoms.